The summed E-state index contributed by atoms with van der Waals surface area (Å²) in [5.74, 6) is 1.06. The summed E-state index contributed by atoms with van der Waals surface area (Å²) in [5.41, 5.74) is 2.22. The van der Waals surface area contributed by atoms with Crippen molar-refractivity contribution >= 4 is 17.7 Å². The first kappa shape index (κ1) is 19.1. The fourth-order valence-electron chi connectivity index (χ4n) is 2.48. The molecule has 0 aliphatic carbocycles. The molecule has 0 unspecified atom stereocenters. The molecule has 0 fully saturated rings. The number of amides is 1. The average molecular weight is 379 g/mol. The normalized spacial score (nSPS) is 10.8. The molecular weight excluding hydrogens is 358 g/mol. The highest BCUT2D eigenvalue weighted by Gasteiger charge is 2.05. The lowest BCUT2D eigenvalue weighted by Gasteiger charge is -2.10. The maximum absolute atomic E-state index is 12.2. The molecule has 0 aliphatic heterocycles. The Morgan fingerprint density at radius 2 is 2.11 bits per heavy atom. The number of anilines is 1. The van der Waals surface area contributed by atoms with Gasteiger partial charge < -0.3 is 14.8 Å². The molecule has 8 nitrogen and oxygen atoms in total. The van der Waals surface area contributed by atoms with Crippen molar-refractivity contribution in [2.75, 3.05) is 19.0 Å². The van der Waals surface area contributed by atoms with Crippen LogP contribution in [0.15, 0.2) is 54.9 Å². The van der Waals surface area contributed by atoms with Gasteiger partial charge in [-0.25, -0.2) is 4.68 Å². The van der Waals surface area contributed by atoms with Crippen molar-refractivity contribution in [1.29, 1.82) is 0 Å². The molecule has 0 saturated carbocycles. The zero-order valence-corrected chi connectivity index (χ0v) is 15.7. The Morgan fingerprint density at radius 1 is 1.21 bits per heavy atom. The molecular formula is C20H21N5O3. The third-order valence-corrected chi connectivity index (χ3v) is 3.80. The summed E-state index contributed by atoms with van der Waals surface area (Å²) < 4.78 is 12.5. The van der Waals surface area contributed by atoms with Crippen LogP contribution in [0.25, 0.3) is 11.8 Å². The Kier molecular flexibility index (Phi) is 6.35. The molecule has 144 valence electrons. The molecule has 1 heterocycles. The van der Waals surface area contributed by atoms with Gasteiger partial charge in [-0.15, -0.1) is 5.10 Å². The minimum Gasteiger partial charge on any atom is -0.493 e. The summed E-state index contributed by atoms with van der Waals surface area (Å²) in [5, 5.41) is 13.9. The molecule has 28 heavy (non-hydrogen) atoms. The number of nitrogens with zero attached hydrogens (tertiary/aromatic N) is 4. The first-order valence-corrected chi connectivity index (χ1v) is 8.83. The third kappa shape index (κ3) is 4.94. The second-order valence-corrected chi connectivity index (χ2v) is 5.89. The van der Waals surface area contributed by atoms with Crippen molar-refractivity contribution in [3.8, 4) is 17.2 Å². The van der Waals surface area contributed by atoms with Crippen LogP contribution in [0.1, 0.15) is 18.9 Å². The van der Waals surface area contributed by atoms with Gasteiger partial charge in [-0.3, -0.25) is 4.79 Å². The predicted octanol–water partition coefficient (Wildman–Crippen LogP) is 3.11. The third-order valence-electron chi connectivity index (χ3n) is 3.80. The molecule has 0 spiro atoms. The Bertz CT molecular complexity index is 954. The van der Waals surface area contributed by atoms with Crippen LogP contribution in [-0.4, -0.2) is 39.8 Å². The van der Waals surface area contributed by atoms with Gasteiger partial charge in [0, 0.05) is 11.8 Å². The summed E-state index contributed by atoms with van der Waals surface area (Å²) in [4.78, 5) is 12.2. The topological polar surface area (TPSA) is 91.2 Å². The summed E-state index contributed by atoms with van der Waals surface area (Å²) in [6, 6.07) is 12.8. The van der Waals surface area contributed by atoms with Crippen molar-refractivity contribution < 1.29 is 14.3 Å². The largest absolute Gasteiger partial charge is 0.493 e. The standard InChI is InChI=1S/C20H21N5O3/c1-3-11-28-18-9-7-15(12-19(18)27-2)8-10-20(26)22-16-5-4-6-17(13-16)25-14-21-23-24-25/h4-10,12-14H,3,11H2,1-2H3,(H,22,26)/b10-8+. The van der Waals surface area contributed by atoms with Crippen molar-refractivity contribution in [3.63, 3.8) is 0 Å². The predicted molar refractivity (Wildman–Crippen MR) is 106 cm³/mol. The monoisotopic (exact) mass is 379 g/mol. The number of nitrogens with one attached hydrogen (secondary N) is 1. The smallest absolute Gasteiger partial charge is 0.248 e. The SMILES string of the molecule is CCCOc1ccc(/C=C/C(=O)Nc2cccc(-n3cnnn3)c2)cc1OC. The molecule has 3 rings (SSSR count). The Labute approximate surface area is 162 Å². The summed E-state index contributed by atoms with van der Waals surface area (Å²) >= 11 is 0. The quantitative estimate of drug-likeness (QED) is 0.605. The van der Waals surface area contributed by atoms with Crippen molar-refractivity contribution in [2.24, 2.45) is 0 Å². The van der Waals surface area contributed by atoms with Gasteiger partial charge in [-0.2, -0.15) is 0 Å². The summed E-state index contributed by atoms with van der Waals surface area (Å²) in [7, 11) is 1.59. The highest BCUT2D eigenvalue weighted by Crippen LogP contribution is 2.28. The number of carbonyl (C=O) groups excluding carboxylic acids is 1. The van der Waals surface area contributed by atoms with E-state index in [0.717, 1.165) is 17.7 Å². The van der Waals surface area contributed by atoms with E-state index in [-0.39, 0.29) is 5.91 Å². The van der Waals surface area contributed by atoms with E-state index in [1.54, 1.807) is 25.3 Å². The number of hydrogen-bond donors (Lipinski definition) is 1. The number of benzene rings is 2. The number of hydrogen-bond acceptors (Lipinski definition) is 6. The lowest BCUT2D eigenvalue weighted by atomic mass is 10.2. The van der Waals surface area contributed by atoms with Gasteiger partial charge in [0.25, 0.3) is 0 Å². The maximum Gasteiger partial charge on any atom is 0.248 e. The molecule has 0 bridgehead atoms. The molecule has 1 aromatic heterocycles. The van der Waals surface area contributed by atoms with Gasteiger partial charge in [0.15, 0.2) is 11.5 Å². The van der Waals surface area contributed by atoms with Crippen molar-refractivity contribution in [3.05, 3.63) is 60.4 Å². The number of tetrazole rings is 1. The number of carbonyl (C=O) groups is 1. The Hall–Kier alpha value is -3.68. The van der Waals surface area contributed by atoms with Crippen LogP contribution in [-0.2, 0) is 4.79 Å². The van der Waals surface area contributed by atoms with Gasteiger partial charge in [0.2, 0.25) is 5.91 Å². The fourth-order valence-corrected chi connectivity index (χ4v) is 2.48. The van der Waals surface area contributed by atoms with Crippen LogP contribution in [0.4, 0.5) is 5.69 Å². The lowest BCUT2D eigenvalue weighted by Crippen LogP contribution is -2.08. The number of rotatable bonds is 8. The van der Waals surface area contributed by atoms with E-state index in [9.17, 15) is 4.79 Å². The molecule has 0 atom stereocenters. The van der Waals surface area contributed by atoms with Crippen LogP contribution < -0.4 is 14.8 Å². The zero-order valence-electron chi connectivity index (χ0n) is 15.7. The highest BCUT2D eigenvalue weighted by molar-refractivity contribution is 6.02. The highest BCUT2D eigenvalue weighted by atomic mass is 16.5. The number of ether oxygens (including phenoxy) is 2. The van der Waals surface area contributed by atoms with E-state index >= 15 is 0 Å². The number of methoxy groups -OCH3 is 1. The van der Waals surface area contributed by atoms with Crippen LogP contribution >= 0.6 is 0 Å². The summed E-state index contributed by atoms with van der Waals surface area (Å²) in [6.07, 6.45) is 5.58. The van der Waals surface area contributed by atoms with Crippen LogP contribution in [0.5, 0.6) is 11.5 Å². The van der Waals surface area contributed by atoms with Gasteiger partial charge >= 0.3 is 0 Å². The van der Waals surface area contributed by atoms with E-state index in [1.807, 2.05) is 37.3 Å². The van der Waals surface area contributed by atoms with E-state index in [4.69, 9.17) is 9.47 Å². The molecule has 0 saturated heterocycles. The first-order chi connectivity index (χ1) is 13.7. The molecule has 3 aromatic rings. The number of aromatic nitrogens is 4. The molecule has 1 N–H and O–H groups in total. The van der Waals surface area contributed by atoms with Crippen LogP contribution in [0.2, 0.25) is 0 Å². The molecule has 8 heteroatoms. The van der Waals surface area contributed by atoms with E-state index in [1.165, 1.54) is 17.1 Å². The van der Waals surface area contributed by atoms with Crippen molar-refractivity contribution in [1.82, 2.24) is 20.2 Å². The fraction of sp³-hybridized carbons (Fsp3) is 0.200. The maximum atomic E-state index is 12.2. The van der Waals surface area contributed by atoms with Crippen molar-refractivity contribution in [2.45, 2.75) is 13.3 Å². The van der Waals surface area contributed by atoms with Gasteiger partial charge in [-0.1, -0.05) is 19.1 Å². The van der Waals surface area contributed by atoms with Gasteiger partial charge in [0.1, 0.15) is 6.33 Å². The Morgan fingerprint density at radius 3 is 2.86 bits per heavy atom. The van der Waals surface area contributed by atoms with Gasteiger partial charge in [-0.05, 0) is 58.8 Å². The minimum atomic E-state index is -0.251. The lowest BCUT2D eigenvalue weighted by molar-refractivity contribution is -0.111. The molecule has 0 radical (unpaired) electrons. The second kappa shape index (κ2) is 9.31. The minimum absolute atomic E-state index is 0.251. The van der Waals surface area contributed by atoms with E-state index in [0.29, 0.717) is 23.8 Å². The van der Waals surface area contributed by atoms with E-state index in [2.05, 4.69) is 20.8 Å². The average Bonchev–Trinajstić information content (AvgIpc) is 3.26. The van der Waals surface area contributed by atoms with Crippen LogP contribution in [0, 0.1) is 0 Å². The van der Waals surface area contributed by atoms with Crippen LogP contribution in [0.3, 0.4) is 0 Å². The molecule has 1 amide bonds. The first-order valence-electron chi connectivity index (χ1n) is 8.83. The Balaban J connectivity index is 1.66. The van der Waals surface area contributed by atoms with Gasteiger partial charge in [0.05, 0.1) is 19.4 Å². The van der Waals surface area contributed by atoms with E-state index < -0.39 is 0 Å². The summed E-state index contributed by atoms with van der Waals surface area (Å²) in [6.45, 7) is 2.67. The zero-order chi connectivity index (χ0) is 19.8. The second-order valence-electron chi connectivity index (χ2n) is 5.89. The molecule has 2 aromatic carbocycles. The molecule has 0 aliphatic rings.